The molecule has 19 heavy (non-hydrogen) atoms. The summed E-state index contributed by atoms with van der Waals surface area (Å²) in [5, 5.41) is 6.81. The Morgan fingerprint density at radius 2 is 2.16 bits per heavy atom. The van der Waals surface area contributed by atoms with Gasteiger partial charge in [-0.05, 0) is 12.0 Å². The van der Waals surface area contributed by atoms with E-state index in [4.69, 9.17) is 5.73 Å². The average Bonchev–Trinajstić information content (AvgIpc) is 2.83. The second-order valence-electron chi connectivity index (χ2n) is 4.35. The summed E-state index contributed by atoms with van der Waals surface area (Å²) in [6.45, 7) is 0.294. The van der Waals surface area contributed by atoms with Gasteiger partial charge in [0.05, 0.1) is 12.6 Å². The molecule has 0 unspecified atom stereocenters. The largest absolute Gasteiger partial charge is 0.347 e. The Bertz CT molecular complexity index is 537. The van der Waals surface area contributed by atoms with E-state index in [-0.39, 0.29) is 5.91 Å². The molecule has 6 nitrogen and oxygen atoms in total. The number of carbonyl (C=O) groups is 1. The standard InChI is InChI=1S/C13H17N5O/c1-18-9-16-12(17-18)8-15-13(19)11(14)7-10-5-3-2-4-6-10/h2-6,9,11H,7-8,14H2,1H3,(H,15,19)/t11-/m1/s1. The van der Waals surface area contributed by atoms with Gasteiger partial charge in [-0.2, -0.15) is 5.10 Å². The zero-order valence-corrected chi connectivity index (χ0v) is 10.8. The molecule has 3 N–H and O–H groups in total. The molecule has 0 radical (unpaired) electrons. The Hall–Kier alpha value is -2.21. The molecule has 1 heterocycles. The van der Waals surface area contributed by atoms with Gasteiger partial charge in [-0.1, -0.05) is 30.3 Å². The summed E-state index contributed by atoms with van der Waals surface area (Å²) < 4.78 is 1.59. The number of nitrogens with zero attached hydrogens (tertiary/aromatic N) is 3. The van der Waals surface area contributed by atoms with Crippen LogP contribution in [0.3, 0.4) is 0 Å². The Morgan fingerprint density at radius 3 is 2.79 bits per heavy atom. The number of carbonyl (C=O) groups excluding carboxylic acids is 1. The molecule has 0 saturated carbocycles. The molecule has 0 saturated heterocycles. The van der Waals surface area contributed by atoms with Crippen LogP contribution in [-0.4, -0.2) is 26.7 Å². The third-order valence-corrected chi connectivity index (χ3v) is 2.70. The second-order valence-corrected chi connectivity index (χ2v) is 4.35. The number of nitrogens with one attached hydrogen (secondary N) is 1. The molecule has 0 aliphatic rings. The van der Waals surface area contributed by atoms with Crippen molar-refractivity contribution in [1.29, 1.82) is 0 Å². The fourth-order valence-corrected chi connectivity index (χ4v) is 1.72. The molecule has 0 bridgehead atoms. The Morgan fingerprint density at radius 1 is 1.42 bits per heavy atom. The number of nitrogens with two attached hydrogens (primary N) is 1. The SMILES string of the molecule is Cn1cnc(CNC(=O)[C@H](N)Cc2ccccc2)n1. The van der Waals surface area contributed by atoms with Gasteiger partial charge in [0.2, 0.25) is 5.91 Å². The minimum absolute atomic E-state index is 0.198. The van der Waals surface area contributed by atoms with Crippen LogP contribution in [0.2, 0.25) is 0 Å². The molecule has 0 fully saturated rings. The van der Waals surface area contributed by atoms with Gasteiger partial charge in [0.1, 0.15) is 6.33 Å². The van der Waals surface area contributed by atoms with Crippen molar-refractivity contribution in [1.82, 2.24) is 20.1 Å². The lowest BCUT2D eigenvalue weighted by atomic mass is 10.1. The van der Waals surface area contributed by atoms with Crippen molar-refractivity contribution in [3.63, 3.8) is 0 Å². The van der Waals surface area contributed by atoms with E-state index in [1.54, 1.807) is 18.1 Å². The van der Waals surface area contributed by atoms with Crippen LogP contribution >= 0.6 is 0 Å². The van der Waals surface area contributed by atoms with E-state index in [0.29, 0.717) is 18.8 Å². The minimum atomic E-state index is -0.564. The number of hydrogen-bond acceptors (Lipinski definition) is 4. The first-order valence-electron chi connectivity index (χ1n) is 6.07. The van der Waals surface area contributed by atoms with Gasteiger partial charge in [0.15, 0.2) is 5.82 Å². The highest BCUT2D eigenvalue weighted by Crippen LogP contribution is 2.02. The summed E-state index contributed by atoms with van der Waals surface area (Å²) in [6, 6.07) is 9.13. The number of benzene rings is 1. The van der Waals surface area contributed by atoms with Gasteiger partial charge < -0.3 is 11.1 Å². The second kappa shape index (κ2) is 6.10. The van der Waals surface area contributed by atoms with Crippen molar-refractivity contribution >= 4 is 5.91 Å². The summed E-state index contributed by atoms with van der Waals surface area (Å²) in [4.78, 5) is 15.9. The summed E-state index contributed by atoms with van der Waals surface area (Å²) in [5.74, 6) is 0.374. The van der Waals surface area contributed by atoms with Crippen LogP contribution in [0.4, 0.5) is 0 Å². The highest BCUT2D eigenvalue weighted by atomic mass is 16.2. The number of rotatable bonds is 5. The first kappa shape index (κ1) is 13.2. The van der Waals surface area contributed by atoms with Gasteiger partial charge in [-0.25, -0.2) is 4.98 Å². The van der Waals surface area contributed by atoms with Crippen LogP contribution in [0.5, 0.6) is 0 Å². The lowest BCUT2D eigenvalue weighted by Crippen LogP contribution is -2.41. The summed E-state index contributed by atoms with van der Waals surface area (Å²) >= 11 is 0. The molecule has 6 heteroatoms. The van der Waals surface area contributed by atoms with Crippen LogP contribution in [0, 0.1) is 0 Å². The van der Waals surface area contributed by atoms with Crippen LogP contribution in [-0.2, 0) is 24.8 Å². The van der Waals surface area contributed by atoms with Crippen LogP contribution in [0.25, 0.3) is 0 Å². The Labute approximate surface area is 111 Å². The maximum absolute atomic E-state index is 11.8. The molecule has 0 aliphatic heterocycles. The fraction of sp³-hybridized carbons (Fsp3) is 0.308. The molecule has 1 atom stereocenters. The first-order chi connectivity index (χ1) is 9.15. The number of amides is 1. The van der Waals surface area contributed by atoms with E-state index in [1.807, 2.05) is 30.3 Å². The van der Waals surface area contributed by atoms with Gasteiger partial charge >= 0.3 is 0 Å². The lowest BCUT2D eigenvalue weighted by Gasteiger charge is -2.11. The van der Waals surface area contributed by atoms with E-state index < -0.39 is 6.04 Å². The topological polar surface area (TPSA) is 85.8 Å². The fourth-order valence-electron chi connectivity index (χ4n) is 1.72. The third-order valence-electron chi connectivity index (χ3n) is 2.70. The zero-order chi connectivity index (χ0) is 13.7. The Balaban J connectivity index is 1.82. The minimum Gasteiger partial charge on any atom is -0.347 e. The van der Waals surface area contributed by atoms with Gasteiger partial charge in [0, 0.05) is 7.05 Å². The molecule has 0 spiro atoms. The maximum atomic E-state index is 11.8. The lowest BCUT2D eigenvalue weighted by molar-refractivity contribution is -0.122. The molecular formula is C13H17N5O. The molecule has 2 rings (SSSR count). The molecule has 1 aromatic carbocycles. The first-order valence-corrected chi connectivity index (χ1v) is 6.07. The molecule has 1 aromatic heterocycles. The summed E-state index contributed by atoms with van der Waals surface area (Å²) in [6.07, 6.45) is 2.10. The van der Waals surface area contributed by atoms with Crippen molar-refractivity contribution in [2.45, 2.75) is 19.0 Å². The van der Waals surface area contributed by atoms with Gasteiger partial charge in [-0.15, -0.1) is 0 Å². The smallest absolute Gasteiger partial charge is 0.237 e. The zero-order valence-electron chi connectivity index (χ0n) is 10.8. The molecular weight excluding hydrogens is 242 g/mol. The number of hydrogen-bond donors (Lipinski definition) is 2. The predicted molar refractivity (Wildman–Crippen MR) is 71.0 cm³/mol. The average molecular weight is 259 g/mol. The highest BCUT2D eigenvalue weighted by molar-refractivity contribution is 5.81. The molecule has 1 amide bonds. The Kier molecular flexibility index (Phi) is 4.25. The van der Waals surface area contributed by atoms with Crippen molar-refractivity contribution < 1.29 is 4.79 Å². The summed E-state index contributed by atoms with van der Waals surface area (Å²) in [5.41, 5.74) is 6.90. The summed E-state index contributed by atoms with van der Waals surface area (Å²) in [7, 11) is 1.78. The van der Waals surface area contributed by atoms with Crippen molar-refractivity contribution in [2.24, 2.45) is 12.8 Å². The predicted octanol–water partition coefficient (Wildman–Crippen LogP) is 0.00130. The van der Waals surface area contributed by atoms with Crippen LogP contribution < -0.4 is 11.1 Å². The monoisotopic (exact) mass is 259 g/mol. The van der Waals surface area contributed by atoms with Crippen LogP contribution in [0.15, 0.2) is 36.7 Å². The number of aryl methyl sites for hydroxylation is 1. The van der Waals surface area contributed by atoms with Gasteiger partial charge in [0.25, 0.3) is 0 Å². The third kappa shape index (κ3) is 3.89. The normalized spacial score (nSPS) is 12.1. The number of aromatic nitrogens is 3. The van der Waals surface area contributed by atoms with Crippen molar-refractivity contribution in [3.8, 4) is 0 Å². The molecule has 0 aliphatic carbocycles. The highest BCUT2D eigenvalue weighted by Gasteiger charge is 2.14. The molecule has 100 valence electrons. The van der Waals surface area contributed by atoms with Crippen LogP contribution in [0.1, 0.15) is 11.4 Å². The van der Waals surface area contributed by atoms with E-state index in [9.17, 15) is 4.79 Å². The maximum Gasteiger partial charge on any atom is 0.237 e. The van der Waals surface area contributed by atoms with E-state index >= 15 is 0 Å². The van der Waals surface area contributed by atoms with Gasteiger partial charge in [-0.3, -0.25) is 9.48 Å². The quantitative estimate of drug-likeness (QED) is 0.791. The van der Waals surface area contributed by atoms with E-state index in [1.165, 1.54) is 0 Å². The van der Waals surface area contributed by atoms with E-state index in [0.717, 1.165) is 5.56 Å². The van der Waals surface area contributed by atoms with Crippen molar-refractivity contribution in [2.75, 3.05) is 0 Å². The van der Waals surface area contributed by atoms with Crippen molar-refractivity contribution in [3.05, 3.63) is 48.0 Å². The van der Waals surface area contributed by atoms with E-state index in [2.05, 4.69) is 15.4 Å². The molecule has 2 aromatic rings.